The zero-order chi connectivity index (χ0) is 54.5. The Bertz CT molecular complexity index is 2710. The maximum absolute atomic E-state index is 11.4. The van der Waals surface area contributed by atoms with Crippen LogP contribution >= 0.6 is 95.7 Å². The number of rotatable bonds is 9. The summed E-state index contributed by atoms with van der Waals surface area (Å²) in [7, 11) is 2.78. The number of hydrogen-bond donors (Lipinski definition) is 5. The van der Waals surface area contributed by atoms with E-state index in [4.69, 9.17) is 15.7 Å². The van der Waals surface area contributed by atoms with E-state index in [1.165, 1.54) is 57.3 Å². The van der Waals surface area contributed by atoms with Crippen LogP contribution in [-0.2, 0) is 27.9 Å². The SMILES string of the molecule is BrCCBr.COC(=O)c1ccc(CBr)cc1.COC(=O)c1ccc(CN2CCSc3ccccc32)cc1.Nc1ccccc1S.O=C(NO)c1ccc(CN2CCSc3ccccc32)cc1.c1ccc2c(c1)NCCS2. The molecule has 0 aromatic heterocycles. The molecule has 11 nitrogen and oxygen atoms in total. The average Bonchev–Trinajstić information content (AvgIpc) is 3.49. The molecule has 0 spiro atoms. The van der Waals surface area contributed by atoms with E-state index in [-0.39, 0.29) is 11.9 Å². The van der Waals surface area contributed by atoms with Gasteiger partial charge in [-0.15, -0.1) is 47.9 Å². The molecule has 7 aromatic rings. The number of hydroxylamine groups is 1. The molecule has 3 aliphatic heterocycles. The van der Waals surface area contributed by atoms with Gasteiger partial charge in [-0.25, -0.2) is 15.1 Å². The van der Waals surface area contributed by atoms with Crippen molar-refractivity contribution in [1.29, 1.82) is 0 Å². The van der Waals surface area contributed by atoms with E-state index in [0.29, 0.717) is 16.7 Å². The Hall–Kier alpha value is -5.05. The van der Waals surface area contributed by atoms with Gasteiger partial charge in [-0.05, 0) is 102 Å². The predicted octanol–water partition coefficient (Wildman–Crippen LogP) is 14.4. The number of alkyl halides is 3. The van der Waals surface area contributed by atoms with Gasteiger partial charge in [0.15, 0.2) is 0 Å². The Morgan fingerprint density at radius 3 is 1.42 bits per heavy atom. The fourth-order valence-electron chi connectivity index (χ4n) is 7.33. The number of thioether (sulfide) groups is 3. The second kappa shape index (κ2) is 34.7. The topological polar surface area (TPSA) is 146 Å². The highest BCUT2D eigenvalue weighted by atomic mass is 79.9. The van der Waals surface area contributed by atoms with Crippen molar-refractivity contribution in [3.63, 3.8) is 0 Å². The van der Waals surface area contributed by atoms with Gasteiger partial charge in [0.05, 0.1) is 36.7 Å². The van der Waals surface area contributed by atoms with Crippen molar-refractivity contribution >= 4 is 136 Å². The fourth-order valence-corrected chi connectivity index (χ4v) is 10.9. The molecule has 0 fully saturated rings. The molecule has 18 heteroatoms. The van der Waals surface area contributed by atoms with Gasteiger partial charge < -0.3 is 30.3 Å². The summed E-state index contributed by atoms with van der Waals surface area (Å²) in [5, 5.41) is 14.9. The van der Waals surface area contributed by atoms with Crippen LogP contribution in [0.4, 0.5) is 22.7 Å². The number of nitrogens with one attached hydrogen (secondary N) is 2. The number of fused-ring (bicyclic) bond motifs is 3. The lowest BCUT2D eigenvalue weighted by Gasteiger charge is -2.30. The first-order valence-corrected chi connectivity index (χ1v) is 30.8. The number of para-hydroxylation sites is 4. The molecule has 0 atom stereocenters. The van der Waals surface area contributed by atoms with Gasteiger partial charge in [-0.1, -0.05) is 133 Å². The zero-order valence-electron chi connectivity index (χ0n) is 42.2. The number of halogens is 3. The van der Waals surface area contributed by atoms with Crippen LogP contribution in [0.25, 0.3) is 0 Å². The van der Waals surface area contributed by atoms with E-state index in [2.05, 4.69) is 153 Å². The number of nitrogens with zero attached hydrogens (tertiary/aromatic N) is 2. The predicted molar refractivity (Wildman–Crippen MR) is 332 cm³/mol. The van der Waals surface area contributed by atoms with Crippen molar-refractivity contribution in [2.75, 3.05) is 82.6 Å². The first-order valence-electron chi connectivity index (χ1n) is 24.0. The third kappa shape index (κ3) is 20.4. The van der Waals surface area contributed by atoms with E-state index < -0.39 is 5.91 Å². The van der Waals surface area contributed by atoms with Crippen LogP contribution in [0.3, 0.4) is 0 Å². The van der Waals surface area contributed by atoms with Crippen LogP contribution in [0.5, 0.6) is 0 Å². The molecule has 400 valence electrons. The number of benzene rings is 7. The Morgan fingerprint density at radius 1 is 0.579 bits per heavy atom. The lowest BCUT2D eigenvalue weighted by molar-refractivity contribution is 0.0592. The number of nitrogens with two attached hydrogens (primary N) is 1. The summed E-state index contributed by atoms with van der Waals surface area (Å²) < 4.78 is 9.28. The minimum Gasteiger partial charge on any atom is -0.465 e. The monoisotopic (exact) mass is 1290 g/mol. The number of carbonyl (C=O) groups is 3. The molecule has 76 heavy (non-hydrogen) atoms. The number of ether oxygens (including phenoxy) is 2. The molecule has 10 rings (SSSR count). The standard InChI is InChI=1S/C17H17NO2S.C16H16N2O2S.C9H9BrO2.C8H9NS.C6H7NS.C2H4Br2/c1-20-17(19)14-8-6-13(7-9-14)12-18-10-11-21-16-5-3-2-4-15(16)18;19-16(17-20)13-7-5-12(6-8-13)11-18-9-10-21-15-4-2-1-3-14(15)18;1-12-9(11)8-4-2-7(6-10)3-5-8;1-2-4-8-7(3-1)9-5-6-10-8;7-5-3-1-2-4-6(5)8;3-1-2-4/h2-9H,10-12H2,1H3;1-8,20H,9-11H2,(H,17,19);2-5H,6H2,1H3;1-4,9H,5-6H2;1-4,8H,7H2;1-2H2. The molecule has 0 saturated heterocycles. The van der Waals surface area contributed by atoms with Crippen LogP contribution < -0.4 is 26.3 Å². The van der Waals surface area contributed by atoms with E-state index >= 15 is 0 Å². The molecular formula is C58H62Br3N5O6S4. The Kier molecular flexibility index (Phi) is 28.2. The molecule has 7 aromatic carbocycles. The number of nitrogen functional groups attached to an aromatic ring is 1. The fraction of sp³-hybridized carbons (Fsp3) is 0.224. The normalized spacial score (nSPS) is 12.5. The number of thiol groups is 1. The van der Waals surface area contributed by atoms with Gasteiger partial charge in [0, 0.05) is 102 Å². The molecule has 0 unspecified atom stereocenters. The minimum absolute atomic E-state index is 0.290. The quantitative estimate of drug-likeness (QED) is 0.0234. The van der Waals surface area contributed by atoms with Gasteiger partial charge in [0.2, 0.25) is 0 Å². The number of amides is 1. The Labute approximate surface area is 490 Å². The van der Waals surface area contributed by atoms with E-state index in [9.17, 15) is 14.4 Å². The number of esters is 2. The summed E-state index contributed by atoms with van der Waals surface area (Å²) in [5.41, 5.74) is 16.8. The summed E-state index contributed by atoms with van der Waals surface area (Å²) in [6.07, 6.45) is 0. The first-order chi connectivity index (χ1) is 37.0. The summed E-state index contributed by atoms with van der Waals surface area (Å²) in [5.74, 6) is 2.31. The zero-order valence-corrected chi connectivity index (χ0v) is 50.3. The van der Waals surface area contributed by atoms with Crippen LogP contribution in [0.15, 0.2) is 189 Å². The van der Waals surface area contributed by atoms with Crippen LogP contribution in [0, 0.1) is 0 Å². The van der Waals surface area contributed by atoms with Gasteiger partial charge >= 0.3 is 11.9 Å². The third-order valence-electron chi connectivity index (χ3n) is 11.2. The summed E-state index contributed by atoms with van der Waals surface area (Å²) in [4.78, 5) is 43.4. The lowest BCUT2D eigenvalue weighted by atomic mass is 10.1. The third-order valence-corrected chi connectivity index (χ3v) is 17.3. The maximum Gasteiger partial charge on any atom is 0.337 e. The molecule has 3 heterocycles. The number of hydrogen-bond acceptors (Lipinski definition) is 14. The Morgan fingerprint density at radius 2 is 1.00 bits per heavy atom. The number of carbonyl (C=O) groups excluding carboxylic acids is 3. The second-order valence-electron chi connectivity index (χ2n) is 16.3. The van der Waals surface area contributed by atoms with Crippen molar-refractivity contribution in [2.45, 2.75) is 38.0 Å². The summed E-state index contributed by atoms with van der Waals surface area (Å²) in [6, 6.07) is 55.1. The van der Waals surface area contributed by atoms with Crippen molar-refractivity contribution < 1.29 is 29.1 Å². The van der Waals surface area contributed by atoms with E-state index in [0.717, 1.165) is 81.9 Å². The number of anilines is 4. The van der Waals surface area contributed by atoms with Crippen molar-refractivity contribution in [3.8, 4) is 0 Å². The Balaban J connectivity index is 0.000000180. The molecule has 0 saturated carbocycles. The molecule has 5 N–H and O–H groups in total. The molecular weight excluding hydrogens is 1230 g/mol. The molecule has 1 amide bonds. The highest BCUT2D eigenvalue weighted by Crippen LogP contribution is 2.36. The highest BCUT2D eigenvalue weighted by Gasteiger charge is 2.19. The average molecular weight is 1290 g/mol. The van der Waals surface area contributed by atoms with Crippen LogP contribution in [0.1, 0.15) is 47.8 Å². The molecule has 0 aliphatic carbocycles. The summed E-state index contributed by atoms with van der Waals surface area (Å²) >= 11 is 19.5. The first kappa shape index (κ1) is 61.8. The summed E-state index contributed by atoms with van der Waals surface area (Å²) in [6.45, 7) is 4.83. The lowest BCUT2D eigenvalue weighted by Crippen LogP contribution is -2.28. The van der Waals surface area contributed by atoms with Gasteiger partial charge in [-0.3, -0.25) is 10.0 Å². The minimum atomic E-state index is -0.485. The van der Waals surface area contributed by atoms with Crippen molar-refractivity contribution in [3.05, 3.63) is 203 Å². The van der Waals surface area contributed by atoms with Gasteiger partial charge in [0.25, 0.3) is 5.91 Å². The molecule has 0 radical (unpaired) electrons. The van der Waals surface area contributed by atoms with Gasteiger partial charge in [0.1, 0.15) is 0 Å². The number of methoxy groups -OCH3 is 2. The molecule has 3 aliphatic rings. The van der Waals surface area contributed by atoms with Crippen molar-refractivity contribution in [2.24, 2.45) is 0 Å². The van der Waals surface area contributed by atoms with Crippen LogP contribution in [-0.4, -0.2) is 84.8 Å². The second-order valence-corrected chi connectivity index (χ2v) is 22.4. The van der Waals surface area contributed by atoms with E-state index in [1.807, 2.05) is 108 Å². The molecule has 0 bridgehead atoms. The highest BCUT2D eigenvalue weighted by molar-refractivity contribution is 9.12. The largest absolute Gasteiger partial charge is 0.465 e. The van der Waals surface area contributed by atoms with Gasteiger partial charge in [-0.2, -0.15) is 0 Å². The smallest absolute Gasteiger partial charge is 0.337 e. The van der Waals surface area contributed by atoms with Crippen LogP contribution in [0.2, 0.25) is 0 Å². The maximum atomic E-state index is 11.4. The van der Waals surface area contributed by atoms with Crippen molar-refractivity contribution in [1.82, 2.24) is 5.48 Å². The van der Waals surface area contributed by atoms with E-state index in [1.54, 1.807) is 29.7 Å².